The highest BCUT2D eigenvalue weighted by atomic mass is 16.5. The molecule has 1 aromatic heterocycles. The summed E-state index contributed by atoms with van der Waals surface area (Å²) in [5.74, 6) is 0.917. The molecule has 1 N–H and O–H groups in total. The van der Waals surface area contributed by atoms with Crippen molar-refractivity contribution in [3.63, 3.8) is 0 Å². The molecule has 1 aromatic carbocycles. The average molecular weight is 216 g/mol. The number of nitrogens with zero attached hydrogens (tertiary/aromatic N) is 1. The minimum atomic E-state index is -0.183. The van der Waals surface area contributed by atoms with E-state index in [1.807, 2.05) is 25.1 Å². The van der Waals surface area contributed by atoms with Gasteiger partial charge >= 0.3 is 0 Å². The summed E-state index contributed by atoms with van der Waals surface area (Å²) in [6, 6.07) is 9.04. The van der Waals surface area contributed by atoms with Gasteiger partial charge in [0.25, 0.3) is 5.91 Å². The Morgan fingerprint density at radius 3 is 2.75 bits per heavy atom. The predicted molar refractivity (Wildman–Crippen MR) is 60.4 cm³/mol. The van der Waals surface area contributed by atoms with Crippen molar-refractivity contribution in [2.45, 2.75) is 13.8 Å². The van der Waals surface area contributed by atoms with E-state index in [0.29, 0.717) is 17.1 Å². The minimum Gasteiger partial charge on any atom is -0.360 e. The summed E-state index contributed by atoms with van der Waals surface area (Å²) in [5, 5.41) is 6.36. The van der Waals surface area contributed by atoms with Crippen molar-refractivity contribution in [1.29, 1.82) is 0 Å². The van der Waals surface area contributed by atoms with Gasteiger partial charge < -0.3 is 9.84 Å². The molecule has 0 radical (unpaired) electrons. The van der Waals surface area contributed by atoms with Gasteiger partial charge in [-0.1, -0.05) is 22.9 Å². The molecule has 0 saturated carbocycles. The predicted octanol–water partition coefficient (Wildman–Crippen LogP) is 2.54. The van der Waals surface area contributed by atoms with E-state index in [1.165, 1.54) is 0 Å². The Labute approximate surface area is 93.3 Å². The van der Waals surface area contributed by atoms with Crippen molar-refractivity contribution in [2.24, 2.45) is 0 Å². The molecule has 0 aliphatic carbocycles. The van der Waals surface area contributed by atoms with Crippen molar-refractivity contribution in [2.75, 3.05) is 5.32 Å². The molecule has 4 heteroatoms. The molecule has 0 atom stereocenters. The van der Waals surface area contributed by atoms with Gasteiger partial charge in [-0.05, 0) is 26.0 Å². The molecule has 0 saturated heterocycles. The van der Waals surface area contributed by atoms with Crippen LogP contribution in [0.15, 0.2) is 34.9 Å². The third-order valence-electron chi connectivity index (χ3n) is 2.15. The maximum Gasteiger partial charge on any atom is 0.256 e. The van der Waals surface area contributed by atoms with Gasteiger partial charge in [-0.3, -0.25) is 4.79 Å². The molecule has 0 spiro atoms. The van der Waals surface area contributed by atoms with E-state index >= 15 is 0 Å². The van der Waals surface area contributed by atoms with E-state index in [9.17, 15) is 4.79 Å². The molecular formula is C12H12N2O2. The van der Waals surface area contributed by atoms with Gasteiger partial charge in [-0.25, -0.2) is 0 Å². The van der Waals surface area contributed by atoms with Gasteiger partial charge in [0, 0.05) is 11.6 Å². The largest absolute Gasteiger partial charge is 0.360 e. The first-order valence-electron chi connectivity index (χ1n) is 4.96. The fourth-order valence-corrected chi connectivity index (χ4v) is 1.40. The number of hydrogen-bond donors (Lipinski definition) is 1. The Morgan fingerprint density at radius 1 is 1.31 bits per heavy atom. The smallest absolute Gasteiger partial charge is 0.256 e. The highest BCUT2D eigenvalue weighted by molar-refractivity contribution is 6.03. The SMILES string of the molecule is Cc1cccc(C(=O)Nc2cc(C)on2)c1. The van der Waals surface area contributed by atoms with Crippen molar-refractivity contribution < 1.29 is 9.32 Å². The first-order chi connectivity index (χ1) is 7.65. The number of carbonyl (C=O) groups is 1. The van der Waals surface area contributed by atoms with Crippen LogP contribution in [-0.4, -0.2) is 11.1 Å². The van der Waals surface area contributed by atoms with Gasteiger partial charge in [0.1, 0.15) is 5.76 Å². The van der Waals surface area contributed by atoms with Gasteiger partial charge in [0.05, 0.1) is 0 Å². The topological polar surface area (TPSA) is 55.1 Å². The lowest BCUT2D eigenvalue weighted by Gasteiger charge is -2.01. The molecule has 4 nitrogen and oxygen atoms in total. The molecule has 82 valence electrons. The van der Waals surface area contributed by atoms with Crippen LogP contribution in [0, 0.1) is 13.8 Å². The van der Waals surface area contributed by atoms with Crippen molar-refractivity contribution in [3.8, 4) is 0 Å². The zero-order valence-corrected chi connectivity index (χ0v) is 9.15. The maximum atomic E-state index is 11.8. The maximum absolute atomic E-state index is 11.8. The Balaban J connectivity index is 2.14. The first-order valence-corrected chi connectivity index (χ1v) is 4.96. The molecule has 0 aliphatic heterocycles. The number of nitrogens with one attached hydrogen (secondary N) is 1. The van der Waals surface area contributed by atoms with E-state index in [-0.39, 0.29) is 5.91 Å². The molecule has 2 aromatic rings. The van der Waals surface area contributed by atoms with Gasteiger partial charge in [0.2, 0.25) is 0 Å². The van der Waals surface area contributed by atoms with Crippen LogP contribution >= 0.6 is 0 Å². The monoisotopic (exact) mass is 216 g/mol. The highest BCUT2D eigenvalue weighted by Crippen LogP contribution is 2.10. The number of aryl methyl sites for hydroxylation is 2. The quantitative estimate of drug-likeness (QED) is 0.839. The summed E-state index contributed by atoms with van der Waals surface area (Å²) >= 11 is 0. The third kappa shape index (κ3) is 2.28. The number of hydrogen-bond acceptors (Lipinski definition) is 3. The molecule has 0 bridgehead atoms. The molecule has 2 rings (SSSR count). The second kappa shape index (κ2) is 4.18. The van der Waals surface area contributed by atoms with Crippen LogP contribution in [0.3, 0.4) is 0 Å². The molecule has 1 heterocycles. The van der Waals surface area contributed by atoms with E-state index < -0.39 is 0 Å². The Hall–Kier alpha value is -2.10. The normalized spacial score (nSPS) is 10.1. The number of aromatic nitrogens is 1. The number of rotatable bonds is 2. The van der Waals surface area contributed by atoms with E-state index in [0.717, 1.165) is 5.56 Å². The fourth-order valence-electron chi connectivity index (χ4n) is 1.40. The van der Waals surface area contributed by atoms with Crippen LogP contribution in [0.2, 0.25) is 0 Å². The zero-order valence-electron chi connectivity index (χ0n) is 9.15. The summed E-state index contributed by atoms with van der Waals surface area (Å²) in [6.07, 6.45) is 0. The summed E-state index contributed by atoms with van der Waals surface area (Å²) in [7, 11) is 0. The number of amides is 1. The summed E-state index contributed by atoms with van der Waals surface area (Å²) < 4.78 is 4.86. The lowest BCUT2D eigenvalue weighted by atomic mass is 10.1. The minimum absolute atomic E-state index is 0.183. The summed E-state index contributed by atoms with van der Waals surface area (Å²) in [5.41, 5.74) is 1.66. The summed E-state index contributed by atoms with van der Waals surface area (Å²) in [4.78, 5) is 11.8. The van der Waals surface area contributed by atoms with Crippen LogP contribution in [0.25, 0.3) is 0 Å². The molecule has 0 fully saturated rings. The fraction of sp³-hybridized carbons (Fsp3) is 0.167. The molecule has 0 unspecified atom stereocenters. The van der Waals surface area contributed by atoms with Crippen LogP contribution in [-0.2, 0) is 0 Å². The number of carbonyl (C=O) groups excluding carboxylic acids is 1. The van der Waals surface area contributed by atoms with E-state index in [4.69, 9.17) is 4.52 Å². The average Bonchev–Trinajstić information content (AvgIpc) is 2.64. The molecule has 1 amide bonds. The molecular weight excluding hydrogens is 204 g/mol. The van der Waals surface area contributed by atoms with Crippen LogP contribution in [0.1, 0.15) is 21.7 Å². The van der Waals surface area contributed by atoms with Crippen molar-refractivity contribution >= 4 is 11.7 Å². The van der Waals surface area contributed by atoms with Crippen LogP contribution in [0.4, 0.5) is 5.82 Å². The third-order valence-corrected chi connectivity index (χ3v) is 2.15. The zero-order chi connectivity index (χ0) is 11.5. The lowest BCUT2D eigenvalue weighted by molar-refractivity contribution is 0.102. The Morgan fingerprint density at radius 2 is 2.12 bits per heavy atom. The molecule has 16 heavy (non-hydrogen) atoms. The van der Waals surface area contributed by atoms with Gasteiger partial charge in [0.15, 0.2) is 5.82 Å². The van der Waals surface area contributed by atoms with Crippen LogP contribution < -0.4 is 5.32 Å². The number of anilines is 1. The van der Waals surface area contributed by atoms with Crippen LogP contribution in [0.5, 0.6) is 0 Å². The van der Waals surface area contributed by atoms with Crippen molar-refractivity contribution in [3.05, 3.63) is 47.2 Å². The Bertz CT molecular complexity index is 517. The summed E-state index contributed by atoms with van der Waals surface area (Å²) in [6.45, 7) is 3.71. The lowest BCUT2D eigenvalue weighted by Crippen LogP contribution is -2.12. The van der Waals surface area contributed by atoms with E-state index in [1.54, 1.807) is 19.1 Å². The Kier molecular flexibility index (Phi) is 2.72. The van der Waals surface area contributed by atoms with Crippen molar-refractivity contribution in [1.82, 2.24) is 5.16 Å². The second-order valence-corrected chi connectivity index (χ2v) is 3.65. The highest BCUT2D eigenvalue weighted by Gasteiger charge is 2.08. The molecule has 0 aliphatic rings. The standard InChI is InChI=1S/C12H12N2O2/c1-8-4-3-5-10(6-8)12(15)13-11-7-9(2)16-14-11/h3-7H,1-2H3,(H,13,14,15). The van der Waals surface area contributed by atoms with Gasteiger partial charge in [-0.2, -0.15) is 0 Å². The second-order valence-electron chi connectivity index (χ2n) is 3.65. The first kappa shape index (κ1) is 10.4. The van der Waals surface area contributed by atoms with Gasteiger partial charge in [-0.15, -0.1) is 0 Å². The number of benzene rings is 1. The van der Waals surface area contributed by atoms with E-state index in [2.05, 4.69) is 10.5 Å².